The Hall–Kier alpha value is -2.07. The molecule has 0 atom stereocenters. The molecule has 0 aromatic heterocycles. The van der Waals surface area contributed by atoms with Gasteiger partial charge in [0.25, 0.3) is 0 Å². The number of rotatable bonds is 4. The Morgan fingerprint density at radius 1 is 0.913 bits per heavy atom. The minimum atomic E-state index is -0.738. The van der Waals surface area contributed by atoms with Gasteiger partial charge in [0.1, 0.15) is 11.6 Å². The average Bonchev–Trinajstić information content (AvgIpc) is 2.54. The van der Waals surface area contributed by atoms with Crippen molar-refractivity contribution in [3.05, 3.63) is 70.8 Å². The van der Waals surface area contributed by atoms with Crippen molar-refractivity contribution in [3.63, 3.8) is 0 Å². The molecule has 120 valence electrons. The lowest BCUT2D eigenvalue weighted by molar-refractivity contribution is 0.103. The number of nitrogens with zero attached hydrogens (tertiary/aromatic N) is 1. The fraction of sp³-hybridized carbons (Fsp3) is 0.316. The predicted octanol–water partition coefficient (Wildman–Crippen LogP) is 4.18. The Balaban J connectivity index is 1.79. The van der Waals surface area contributed by atoms with E-state index in [0.717, 1.165) is 43.4 Å². The van der Waals surface area contributed by atoms with E-state index in [0.29, 0.717) is 5.56 Å². The van der Waals surface area contributed by atoms with Crippen molar-refractivity contribution in [3.8, 4) is 0 Å². The van der Waals surface area contributed by atoms with Gasteiger partial charge >= 0.3 is 0 Å². The zero-order valence-corrected chi connectivity index (χ0v) is 12.9. The van der Waals surface area contributed by atoms with Gasteiger partial charge in [-0.15, -0.1) is 0 Å². The third-order valence-electron chi connectivity index (χ3n) is 4.17. The van der Waals surface area contributed by atoms with Gasteiger partial charge in [-0.1, -0.05) is 24.6 Å². The van der Waals surface area contributed by atoms with Crippen LogP contribution in [0.4, 0.5) is 8.78 Å². The lowest BCUT2D eigenvalue weighted by Gasteiger charge is -2.26. The Labute approximate surface area is 134 Å². The molecule has 1 heterocycles. The van der Waals surface area contributed by atoms with E-state index in [1.165, 1.54) is 19.3 Å². The van der Waals surface area contributed by atoms with E-state index < -0.39 is 11.6 Å². The SMILES string of the molecule is O=C(c1cc(F)cc(F)c1)c1cccc(CN2CCCCC2)c1. The average molecular weight is 315 g/mol. The number of hydrogen-bond donors (Lipinski definition) is 0. The first-order chi connectivity index (χ1) is 11.1. The Morgan fingerprint density at radius 3 is 2.30 bits per heavy atom. The number of ketones is 1. The van der Waals surface area contributed by atoms with Gasteiger partial charge in [0, 0.05) is 23.7 Å². The lowest BCUT2D eigenvalue weighted by Crippen LogP contribution is -2.29. The fourth-order valence-electron chi connectivity index (χ4n) is 3.04. The van der Waals surface area contributed by atoms with Crippen molar-refractivity contribution >= 4 is 5.78 Å². The van der Waals surface area contributed by atoms with Gasteiger partial charge in [-0.2, -0.15) is 0 Å². The van der Waals surface area contributed by atoms with Crippen LogP contribution in [-0.4, -0.2) is 23.8 Å². The van der Waals surface area contributed by atoms with E-state index in [9.17, 15) is 13.6 Å². The van der Waals surface area contributed by atoms with Crippen LogP contribution in [0.25, 0.3) is 0 Å². The summed E-state index contributed by atoms with van der Waals surface area (Å²) in [5.74, 6) is -1.83. The van der Waals surface area contributed by atoms with Crippen molar-refractivity contribution in [1.82, 2.24) is 4.90 Å². The topological polar surface area (TPSA) is 20.3 Å². The van der Waals surface area contributed by atoms with Crippen LogP contribution in [0.1, 0.15) is 40.7 Å². The normalized spacial score (nSPS) is 15.6. The Bertz CT molecular complexity index is 688. The molecule has 2 aromatic carbocycles. The fourth-order valence-corrected chi connectivity index (χ4v) is 3.04. The third kappa shape index (κ3) is 4.02. The molecule has 23 heavy (non-hydrogen) atoms. The minimum Gasteiger partial charge on any atom is -0.299 e. The summed E-state index contributed by atoms with van der Waals surface area (Å²) in [7, 11) is 0. The van der Waals surface area contributed by atoms with Gasteiger partial charge in [0.2, 0.25) is 0 Å². The van der Waals surface area contributed by atoms with Gasteiger partial charge in [-0.05, 0) is 49.7 Å². The van der Waals surface area contributed by atoms with Crippen LogP contribution in [0.2, 0.25) is 0 Å². The predicted molar refractivity (Wildman–Crippen MR) is 85.4 cm³/mol. The number of carbonyl (C=O) groups excluding carboxylic acids is 1. The van der Waals surface area contributed by atoms with Crippen molar-refractivity contribution < 1.29 is 13.6 Å². The minimum absolute atomic E-state index is 0.0395. The largest absolute Gasteiger partial charge is 0.299 e. The van der Waals surface area contributed by atoms with Crippen LogP contribution in [0.5, 0.6) is 0 Å². The van der Waals surface area contributed by atoms with Crippen LogP contribution >= 0.6 is 0 Å². The summed E-state index contributed by atoms with van der Waals surface area (Å²) in [5, 5.41) is 0. The molecule has 1 aliphatic rings. The number of hydrogen-bond acceptors (Lipinski definition) is 2. The number of halogens is 2. The smallest absolute Gasteiger partial charge is 0.193 e. The Morgan fingerprint density at radius 2 is 1.61 bits per heavy atom. The molecule has 1 fully saturated rings. The molecule has 1 saturated heterocycles. The van der Waals surface area contributed by atoms with Gasteiger partial charge in [-0.25, -0.2) is 8.78 Å². The molecule has 0 N–H and O–H groups in total. The molecule has 4 heteroatoms. The summed E-state index contributed by atoms with van der Waals surface area (Å²) >= 11 is 0. The van der Waals surface area contributed by atoms with Gasteiger partial charge in [0.05, 0.1) is 0 Å². The molecule has 0 unspecified atom stereocenters. The second-order valence-electron chi connectivity index (χ2n) is 6.02. The lowest BCUT2D eigenvalue weighted by atomic mass is 10.0. The van der Waals surface area contributed by atoms with Crippen LogP contribution in [-0.2, 0) is 6.54 Å². The second kappa shape index (κ2) is 7.01. The summed E-state index contributed by atoms with van der Waals surface area (Å²) in [5.41, 5.74) is 1.55. The number of piperidine rings is 1. The number of benzene rings is 2. The first-order valence-electron chi connectivity index (χ1n) is 7.94. The van der Waals surface area contributed by atoms with Gasteiger partial charge in [0.15, 0.2) is 5.78 Å². The zero-order valence-electron chi connectivity index (χ0n) is 12.9. The molecular formula is C19H19F2NO. The van der Waals surface area contributed by atoms with E-state index in [1.807, 2.05) is 18.2 Å². The van der Waals surface area contributed by atoms with Crippen molar-refractivity contribution in [2.75, 3.05) is 13.1 Å². The highest BCUT2D eigenvalue weighted by atomic mass is 19.1. The highest BCUT2D eigenvalue weighted by Crippen LogP contribution is 2.17. The first kappa shape index (κ1) is 15.8. The molecule has 2 aromatic rings. The van der Waals surface area contributed by atoms with Crippen molar-refractivity contribution in [1.29, 1.82) is 0 Å². The maximum Gasteiger partial charge on any atom is 0.193 e. The molecule has 0 radical (unpaired) electrons. The summed E-state index contributed by atoms with van der Waals surface area (Å²) in [6, 6.07) is 10.2. The second-order valence-corrected chi connectivity index (χ2v) is 6.02. The first-order valence-corrected chi connectivity index (χ1v) is 7.94. The maximum atomic E-state index is 13.3. The molecule has 0 amide bonds. The monoisotopic (exact) mass is 315 g/mol. The third-order valence-corrected chi connectivity index (χ3v) is 4.17. The number of carbonyl (C=O) groups is 1. The molecule has 3 rings (SSSR count). The molecule has 0 aliphatic carbocycles. The van der Waals surface area contributed by atoms with Crippen molar-refractivity contribution in [2.24, 2.45) is 0 Å². The molecule has 2 nitrogen and oxygen atoms in total. The van der Waals surface area contributed by atoms with E-state index >= 15 is 0 Å². The maximum absolute atomic E-state index is 13.3. The molecular weight excluding hydrogens is 296 g/mol. The summed E-state index contributed by atoms with van der Waals surface area (Å²) in [6.07, 6.45) is 3.70. The molecule has 1 aliphatic heterocycles. The van der Waals surface area contributed by atoms with Gasteiger partial charge < -0.3 is 0 Å². The zero-order chi connectivity index (χ0) is 16.2. The van der Waals surface area contributed by atoms with Crippen LogP contribution in [0.3, 0.4) is 0 Å². The highest BCUT2D eigenvalue weighted by Gasteiger charge is 2.14. The summed E-state index contributed by atoms with van der Waals surface area (Å²) < 4.78 is 26.6. The molecule has 0 saturated carbocycles. The Kier molecular flexibility index (Phi) is 4.82. The van der Waals surface area contributed by atoms with E-state index in [2.05, 4.69) is 4.90 Å². The standard InChI is InChI=1S/C19H19F2NO/c20-17-10-16(11-18(21)12-17)19(23)15-6-4-5-14(9-15)13-22-7-2-1-3-8-22/h4-6,9-12H,1-3,7-8,13H2. The van der Waals surface area contributed by atoms with Gasteiger partial charge in [-0.3, -0.25) is 9.69 Å². The van der Waals surface area contributed by atoms with Crippen LogP contribution in [0, 0.1) is 11.6 Å². The summed E-state index contributed by atoms with van der Waals surface area (Å²) in [4.78, 5) is 14.8. The highest BCUT2D eigenvalue weighted by molar-refractivity contribution is 6.09. The molecule has 0 bridgehead atoms. The van der Waals surface area contributed by atoms with E-state index in [1.54, 1.807) is 6.07 Å². The van der Waals surface area contributed by atoms with E-state index in [4.69, 9.17) is 0 Å². The van der Waals surface area contributed by atoms with Crippen LogP contribution in [0.15, 0.2) is 42.5 Å². The quantitative estimate of drug-likeness (QED) is 0.789. The number of likely N-dealkylation sites (tertiary alicyclic amines) is 1. The van der Waals surface area contributed by atoms with Crippen molar-refractivity contribution in [2.45, 2.75) is 25.8 Å². The van der Waals surface area contributed by atoms with E-state index in [-0.39, 0.29) is 11.3 Å². The molecule has 0 spiro atoms. The van der Waals surface area contributed by atoms with Crippen LogP contribution < -0.4 is 0 Å². The summed E-state index contributed by atoms with van der Waals surface area (Å²) in [6.45, 7) is 2.96.